The molecular formula is C12H18N4O. The van der Waals surface area contributed by atoms with Crippen molar-refractivity contribution in [1.29, 1.82) is 0 Å². The lowest BCUT2D eigenvalue weighted by Crippen LogP contribution is -2.22. The Labute approximate surface area is 101 Å². The molecule has 5 heteroatoms. The third kappa shape index (κ3) is 4.55. The van der Waals surface area contributed by atoms with Crippen molar-refractivity contribution in [3.63, 3.8) is 0 Å². The zero-order valence-electron chi connectivity index (χ0n) is 9.93. The van der Waals surface area contributed by atoms with Crippen LogP contribution in [0.25, 0.3) is 0 Å². The lowest BCUT2D eigenvalue weighted by molar-refractivity contribution is 0.475. The van der Waals surface area contributed by atoms with Crippen LogP contribution in [0.5, 0.6) is 5.75 Å². The molecule has 0 saturated carbocycles. The molecule has 0 aromatic heterocycles. The van der Waals surface area contributed by atoms with Crippen molar-refractivity contribution in [2.45, 2.75) is 26.2 Å². The number of hydrogen-bond donors (Lipinski definition) is 3. The number of hydrogen-bond acceptors (Lipinski definition) is 3. The van der Waals surface area contributed by atoms with Crippen LogP contribution in [0.1, 0.15) is 31.7 Å². The number of phenols is 1. The molecule has 0 radical (unpaired) electrons. The second kappa shape index (κ2) is 6.52. The molecule has 1 aromatic rings. The first-order valence-corrected chi connectivity index (χ1v) is 5.58. The maximum atomic E-state index is 9.23. The highest BCUT2D eigenvalue weighted by molar-refractivity contribution is 6.00. The van der Waals surface area contributed by atoms with Gasteiger partial charge in [-0.3, -0.25) is 0 Å². The van der Waals surface area contributed by atoms with Crippen molar-refractivity contribution in [1.82, 2.24) is 0 Å². The van der Waals surface area contributed by atoms with Gasteiger partial charge >= 0.3 is 0 Å². The molecule has 0 aliphatic rings. The highest BCUT2D eigenvalue weighted by Crippen LogP contribution is 2.13. The van der Waals surface area contributed by atoms with Crippen LogP contribution in [0.15, 0.2) is 34.5 Å². The molecule has 17 heavy (non-hydrogen) atoms. The zero-order valence-corrected chi connectivity index (χ0v) is 9.93. The average Bonchev–Trinajstić information content (AvgIpc) is 2.30. The van der Waals surface area contributed by atoms with Crippen molar-refractivity contribution < 1.29 is 5.11 Å². The molecule has 5 N–H and O–H groups in total. The van der Waals surface area contributed by atoms with E-state index < -0.39 is 0 Å². The van der Waals surface area contributed by atoms with Gasteiger partial charge in [-0.1, -0.05) is 13.3 Å². The van der Waals surface area contributed by atoms with Gasteiger partial charge in [0, 0.05) is 0 Å². The highest BCUT2D eigenvalue weighted by atomic mass is 16.3. The van der Waals surface area contributed by atoms with Gasteiger partial charge in [-0.2, -0.15) is 5.10 Å². The second-order valence-electron chi connectivity index (χ2n) is 3.72. The van der Waals surface area contributed by atoms with Crippen molar-refractivity contribution in [3.05, 3.63) is 29.8 Å². The predicted molar refractivity (Wildman–Crippen MR) is 70.0 cm³/mol. The maximum absolute atomic E-state index is 9.23. The van der Waals surface area contributed by atoms with Crippen molar-refractivity contribution >= 4 is 11.7 Å². The fourth-order valence-electron chi connectivity index (χ4n) is 1.37. The summed E-state index contributed by atoms with van der Waals surface area (Å²) in [6, 6.07) is 6.83. The van der Waals surface area contributed by atoms with Crippen LogP contribution in [0, 0.1) is 0 Å². The maximum Gasteiger partial charge on any atom is 0.211 e. The first-order valence-electron chi connectivity index (χ1n) is 5.58. The topological polar surface area (TPSA) is 97.0 Å². The Kier molecular flexibility index (Phi) is 5.00. The lowest BCUT2D eigenvalue weighted by Gasteiger charge is -2.04. The molecule has 0 aliphatic heterocycles. The van der Waals surface area contributed by atoms with E-state index in [9.17, 15) is 5.11 Å². The normalized spacial score (nSPS) is 11.2. The van der Waals surface area contributed by atoms with Crippen LogP contribution in [0.4, 0.5) is 0 Å². The highest BCUT2D eigenvalue weighted by Gasteiger charge is 2.03. The summed E-state index contributed by atoms with van der Waals surface area (Å²) in [7, 11) is 0. The Morgan fingerprint density at radius 1 is 1.18 bits per heavy atom. The molecule has 5 nitrogen and oxygen atoms in total. The van der Waals surface area contributed by atoms with E-state index >= 15 is 0 Å². The number of unbranched alkanes of at least 4 members (excludes halogenated alkanes) is 1. The summed E-state index contributed by atoms with van der Waals surface area (Å²) in [5.74, 6) is 0.170. The molecular weight excluding hydrogens is 216 g/mol. The number of guanidine groups is 1. The number of nitrogens with two attached hydrogens (primary N) is 2. The van der Waals surface area contributed by atoms with Crippen LogP contribution >= 0.6 is 0 Å². The summed E-state index contributed by atoms with van der Waals surface area (Å²) in [6.45, 7) is 2.11. The lowest BCUT2D eigenvalue weighted by atomic mass is 10.0. The monoisotopic (exact) mass is 234 g/mol. The Morgan fingerprint density at radius 2 is 1.82 bits per heavy atom. The van der Waals surface area contributed by atoms with Crippen molar-refractivity contribution in [2.75, 3.05) is 0 Å². The number of rotatable bonds is 5. The van der Waals surface area contributed by atoms with Gasteiger partial charge in [-0.05, 0) is 42.7 Å². The first-order chi connectivity index (χ1) is 8.13. The van der Waals surface area contributed by atoms with E-state index in [1.807, 2.05) is 0 Å². The van der Waals surface area contributed by atoms with E-state index in [0.29, 0.717) is 0 Å². The Hall–Kier alpha value is -2.04. The molecule has 92 valence electrons. The second-order valence-corrected chi connectivity index (χ2v) is 3.72. The van der Waals surface area contributed by atoms with Crippen molar-refractivity contribution in [3.8, 4) is 5.75 Å². The quantitative estimate of drug-likeness (QED) is 0.409. The minimum Gasteiger partial charge on any atom is -0.508 e. The molecule has 0 aliphatic carbocycles. The minimum absolute atomic E-state index is 0.0576. The summed E-state index contributed by atoms with van der Waals surface area (Å²) < 4.78 is 0. The Morgan fingerprint density at radius 3 is 2.35 bits per heavy atom. The summed E-state index contributed by atoms with van der Waals surface area (Å²) in [5, 5.41) is 16.9. The third-order valence-corrected chi connectivity index (χ3v) is 2.25. The SMILES string of the molecule is CCCCC(=NN=C(N)N)c1ccc(O)cc1. The summed E-state index contributed by atoms with van der Waals surface area (Å²) in [4.78, 5) is 0. The van der Waals surface area contributed by atoms with Gasteiger partial charge in [-0.25, -0.2) is 0 Å². The first kappa shape index (κ1) is 13.0. The van der Waals surface area contributed by atoms with Gasteiger partial charge in [-0.15, -0.1) is 5.10 Å². The smallest absolute Gasteiger partial charge is 0.211 e. The van der Waals surface area contributed by atoms with Gasteiger partial charge in [0.15, 0.2) is 0 Å². The average molecular weight is 234 g/mol. The molecule has 0 fully saturated rings. The molecule has 0 amide bonds. The Balaban J connectivity index is 2.93. The molecule has 1 rings (SSSR count). The van der Waals surface area contributed by atoms with Crippen molar-refractivity contribution in [2.24, 2.45) is 21.7 Å². The molecule has 0 spiro atoms. The number of nitrogens with zero attached hydrogens (tertiary/aromatic N) is 2. The van der Waals surface area contributed by atoms with Gasteiger partial charge < -0.3 is 16.6 Å². The van der Waals surface area contributed by atoms with Crippen LogP contribution in [-0.4, -0.2) is 16.8 Å². The zero-order chi connectivity index (χ0) is 12.7. The van der Waals surface area contributed by atoms with Crippen LogP contribution < -0.4 is 11.5 Å². The molecule has 0 atom stereocenters. The number of aromatic hydroxyl groups is 1. The molecule has 0 unspecified atom stereocenters. The van der Waals surface area contributed by atoms with Crippen LogP contribution in [-0.2, 0) is 0 Å². The summed E-state index contributed by atoms with van der Waals surface area (Å²) in [6.07, 6.45) is 2.89. The fourth-order valence-corrected chi connectivity index (χ4v) is 1.37. The van der Waals surface area contributed by atoms with E-state index in [-0.39, 0.29) is 11.7 Å². The van der Waals surface area contributed by atoms with E-state index in [1.165, 1.54) is 0 Å². The minimum atomic E-state index is -0.0576. The summed E-state index contributed by atoms with van der Waals surface area (Å²) in [5.41, 5.74) is 12.2. The van der Waals surface area contributed by atoms with E-state index in [2.05, 4.69) is 17.1 Å². The van der Waals surface area contributed by atoms with E-state index in [1.54, 1.807) is 24.3 Å². The third-order valence-electron chi connectivity index (χ3n) is 2.25. The number of benzene rings is 1. The number of phenolic OH excluding ortho intramolecular Hbond substituents is 1. The van der Waals surface area contributed by atoms with E-state index in [0.717, 1.165) is 30.5 Å². The summed E-state index contributed by atoms with van der Waals surface area (Å²) >= 11 is 0. The standard InChI is InChI=1S/C12H18N4O/c1-2-3-4-11(15-16-12(13)14)9-5-7-10(17)8-6-9/h5-8,17H,2-4H2,1H3,(H4,13,14,16). The van der Waals surface area contributed by atoms with Gasteiger partial charge in [0.25, 0.3) is 0 Å². The predicted octanol–water partition coefficient (Wildman–Crippen LogP) is 1.56. The van der Waals surface area contributed by atoms with Gasteiger partial charge in [0.1, 0.15) is 5.75 Å². The molecule has 0 heterocycles. The fraction of sp³-hybridized carbons (Fsp3) is 0.333. The van der Waals surface area contributed by atoms with Gasteiger partial charge in [0.2, 0.25) is 5.96 Å². The van der Waals surface area contributed by atoms with Gasteiger partial charge in [0.05, 0.1) is 5.71 Å². The van der Waals surface area contributed by atoms with Crippen LogP contribution in [0.3, 0.4) is 0 Å². The molecule has 1 aromatic carbocycles. The van der Waals surface area contributed by atoms with E-state index in [4.69, 9.17) is 11.5 Å². The molecule has 0 bridgehead atoms. The molecule has 0 saturated heterocycles. The largest absolute Gasteiger partial charge is 0.508 e. The Bertz CT molecular complexity index is 405. The van der Waals surface area contributed by atoms with Crippen LogP contribution in [0.2, 0.25) is 0 Å².